The van der Waals surface area contributed by atoms with Crippen LogP contribution in [0.25, 0.3) is 0 Å². The first-order valence-electron chi connectivity index (χ1n) is 4.80. The van der Waals surface area contributed by atoms with E-state index in [1.165, 1.54) is 13.3 Å². The highest BCUT2D eigenvalue weighted by atomic mass is 16.5. The summed E-state index contributed by atoms with van der Waals surface area (Å²) in [7, 11) is 1.28. The van der Waals surface area contributed by atoms with Crippen molar-refractivity contribution in [2.45, 2.75) is 13.8 Å². The molecule has 2 N–H and O–H groups in total. The van der Waals surface area contributed by atoms with Crippen molar-refractivity contribution in [2.75, 3.05) is 19.0 Å². The molecule has 0 aliphatic heterocycles. The minimum atomic E-state index is -0.605. The highest BCUT2D eigenvalue weighted by molar-refractivity contribution is 6.00. The lowest BCUT2D eigenvalue weighted by atomic mass is 10.2. The van der Waals surface area contributed by atoms with Gasteiger partial charge in [0.05, 0.1) is 19.4 Å². The van der Waals surface area contributed by atoms with E-state index in [1.54, 1.807) is 13.8 Å². The molecule has 0 aliphatic carbocycles. The van der Waals surface area contributed by atoms with Gasteiger partial charge in [-0.3, -0.25) is 5.32 Å². The van der Waals surface area contributed by atoms with Crippen LogP contribution in [0, 0.1) is 6.92 Å². The number of ether oxygens (including phenoxy) is 2. The lowest BCUT2D eigenvalue weighted by Gasteiger charge is -2.05. The van der Waals surface area contributed by atoms with Gasteiger partial charge in [0.25, 0.3) is 0 Å². The number of carbonyl (C=O) groups is 2. The Morgan fingerprint density at radius 1 is 1.50 bits per heavy atom. The Hall–Kier alpha value is -1.98. The van der Waals surface area contributed by atoms with Crippen LogP contribution in [-0.4, -0.2) is 30.8 Å². The Morgan fingerprint density at radius 2 is 2.19 bits per heavy atom. The maximum absolute atomic E-state index is 11.4. The van der Waals surface area contributed by atoms with Crippen molar-refractivity contribution in [3.63, 3.8) is 0 Å². The standard InChI is InChI=1S/C10H14N2O4/c1-4-16-10(14)12-7-5-11-6(2)8(7)9(13)15-3/h5,11H,4H2,1-3H3,(H,12,14). The molecular weight excluding hydrogens is 212 g/mol. The molecule has 0 bridgehead atoms. The smallest absolute Gasteiger partial charge is 0.411 e. The molecule has 0 radical (unpaired) electrons. The Labute approximate surface area is 92.9 Å². The number of H-pyrrole nitrogens is 1. The SMILES string of the molecule is CCOC(=O)Nc1c[nH]c(C)c1C(=O)OC. The number of methoxy groups -OCH3 is 1. The van der Waals surface area contributed by atoms with Crippen LogP contribution in [0.1, 0.15) is 23.0 Å². The summed E-state index contributed by atoms with van der Waals surface area (Å²) in [4.78, 5) is 25.4. The number of aromatic nitrogens is 1. The highest BCUT2D eigenvalue weighted by Gasteiger charge is 2.18. The summed E-state index contributed by atoms with van der Waals surface area (Å²) >= 11 is 0. The van der Waals surface area contributed by atoms with Crippen LogP contribution in [0.3, 0.4) is 0 Å². The molecular formula is C10H14N2O4. The Morgan fingerprint density at radius 3 is 2.75 bits per heavy atom. The second-order valence-corrected chi connectivity index (χ2v) is 3.04. The zero-order valence-electron chi connectivity index (χ0n) is 9.42. The second kappa shape index (κ2) is 5.20. The van der Waals surface area contributed by atoms with E-state index in [9.17, 15) is 9.59 Å². The molecule has 0 saturated carbocycles. The fraction of sp³-hybridized carbons (Fsp3) is 0.400. The molecule has 1 aromatic rings. The third-order valence-electron chi connectivity index (χ3n) is 1.98. The van der Waals surface area contributed by atoms with Gasteiger partial charge in [-0.25, -0.2) is 9.59 Å². The number of esters is 1. The van der Waals surface area contributed by atoms with Crippen LogP contribution in [0.5, 0.6) is 0 Å². The number of aryl methyl sites for hydroxylation is 1. The van der Waals surface area contributed by atoms with Crippen LogP contribution < -0.4 is 5.32 Å². The largest absolute Gasteiger partial charge is 0.465 e. The molecule has 6 heteroatoms. The number of hydrogen-bond acceptors (Lipinski definition) is 4. The predicted molar refractivity (Wildman–Crippen MR) is 57.5 cm³/mol. The number of rotatable bonds is 3. The first kappa shape index (κ1) is 12.1. The van der Waals surface area contributed by atoms with E-state index in [4.69, 9.17) is 4.74 Å². The van der Waals surface area contributed by atoms with Gasteiger partial charge in [0.1, 0.15) is 5.56 Å². The predicted octanol–water partition coefficient (Wildman–Crippen LogP) is 1.68. The second-order valence-electron chi connectivity index (χ2n) is 3.04. The van der Waals surface area contributed by atoms with Crippen LogP contribution in [0.15, 0.2) is 6.20 Å². The van der Waals surface area contributed by atoms with Crippen LogP contribution in [0.4, 0.5) is 10.5 Å². The van der Waals surface area contributed by atoms with Crippen molar-refractivity contribution in [3.8, 4) is 0 Å². The van der Waals surface area contributed by atoms with Gasteiger partial charge in [-0.15, -0.1) is 0 Å². The molecule has 1 rings (SSSR count). The summed E-state index contributed by atoms with van der Waals surface area (Å²) in [6, 6.07) is 0. The number of carbonyl (C=O) groups excluding carboxylic acids is 2. The normalized spacial score (nSPS) is 9.69. The lowest BCUT2D eigenvalue weighted by molar-refractivity contribution is 0.0601. The van der Waals surface area contributed by atoms with E-state index in [0.717, 1.165) is 0 Å². The number of anilines is 1. The first-order valence-corrected chi connectivity index (χ1v) is 4.80. The van der Waals surface area contributed by atoms with Crippen LogP contribution in [0.2, 0.25) is 0 Å². The summed E-state index contributed by atoms with van der Waals surface area (Å²) in [6.07, 6.45) is 0.907. The van der Waals surface area contributed by atoms with E-state index in [2.05, 4.69) is 15.0 Å². The van der Waals surface area contributed by atoms with E-state index >= 15 is 0 Å². The zero-order valence-corrected chi connectivity index (χ0v) is 9.42. The monoisotopic (exact) mass is 226 g/mol. The first-order chi connectivity index (χ1) is 7.60. The van der Waals surface area contributed by atoms with E-state index in [0.29, 0.717) is 16.9 Å². The molecule has 16 heavy (non-hydrogen) atoms. The van der Waals surface area contributed by atoms with Crippen molar-refractivity contribution in [2.24, 2.45) is 0 Å². The molecule has 0 saturated heterocycles. The summed E-state index contributed by atoms with van der Waals surface area (Å²) < 4.78 is 9.31. The maximum atomic E-state index is 11.4. The summed E-state index contributed by atoms with van der Waals surface area (Å²) in [5.74, 6) is -0.509. The van der Waals surface area contributed by atoms with Crippen LogP contribution >= 0.6 is 0 Å². The molecule has 88 valence electrons. The van der Waals surface area contributed by atoms with Crippen molar-refractivity contribution < 1.29 is 19.1 Å². The maximum Gasteiger partial charge on any atom is 0.411 e. The number of nitrogens with one attached hydrogen (secondary N) is 2. The molecule has 1 aromatic heterocycles. The summed E-state index contributed by atoms with van der Waals surface area (Å²) in [6.45, 7) is 3.68. The minimum Gasteiger partial charge on any atom is -0.465 e. The van der Waals surface area contributed by atoms with Gasteiger partial charge in [0, 0.05) is 11.9 Å². The molecule has 0 aromatic carbocycles. The highest BCUT2D eigenvalue weighted by Crippen LogP contribution is 2.20. The molecule has 1 heterocycles. The van der Waals surface area contributed by atoms with Gasteiger partial charge in [-0.2, -0.15) is 0 Å². The van der Waals surface area contributed by atoms with Crippen molar-refractivity contribution in [3.05, 3.63) is 17.5 Å². The van der Waals surface area contributed by atoms with Crippen molar-refractivity contribution >= 4 is 17.7 Å². The van der Waals surface area contributed by atoms with Gasteiger partial charge in [0.15, 0.2) is 0 Å². The fourth-order valence-corrected chi connectivity index (χ4v) is 1.27. The van der Waals surface area contributed by atoms with Gasteiger partial charge in [-0.1, -0.05) is 0 Å². The Bertz CT molecular complexity index is 398. The molecule has 0 aliphatic rings. The van der Waals surface area contributed by atoms with Gasteiger partial charge in [-0.05, 0) is 13.8 Å². The van der Waals surface area contributed by atoms with E-state index in [1.807, 2.05) is 0 Å². The molecule has 6 nitrogen and oxygen atoms in total. The van der Waals surface area contributed by atoms with Crippen LogP contribution in [-0.2, 0) is 9.47 Å². The Balaban J connectivity index is 2.88. The average molecular weight is 226 g/mol. The third-order valence-corrected chi connectivity index (χ3v) is 1.98. The third kappa shape index (κ3) is 2.53. The Kier molecular flexibility index (Phi) is 3.93. The van der Waals surface area contributed by atoms with E-state index < -0.39 is 12.1 Å². The average Bonchev–Trinajstić information content (AvgIpc) is 2.59. The molecule has 0 fully saturated rings. The number of aromatic amines is 1. The molecule has 0 atom stereocenters. The number of amides is 1. The minimum absolute atomic E-state index is 0.267. The van der Waals surface area contributed by atoms with Crippen molar-refractivity contribution in [1.29, 1.82) is 0 Å². The quantitative estimate of drug-likeness (QED) is 0.768. The topological polar surface area (TPSA) is 80.4 Å². The fourth-order valence-electron chi connectivity index (χ4n) is 1.27. The van der Waals surface area contributed by atoms with Gasteiger partial charge < -0.3 is 14.5 Å². The summed E-state index contributed by atoms with van der Waals surface area (Å²) in [5.41, 5.74) is 1.28. The molecule has 0 spiro atoms. The lowest BCUT2D eigenvalue weighted by Crippen LogP contribution is -2.15. The zero-order chi connectivity index (χ0) is 12.1. The summed E-state index contributed by atoms with van der Waals surface area (Å²) in [5, 5.41) is 2.45. The van der Waals surface area contributed by atoms with E-state index in [-0.39, 0.29) is 6.61 Å². The van der Waals surface area contributed by atoms with Crippen molar-refractivity contribution in [1.82, 2.24) is 4.98 Å². The van der Waals surface area contributed by atoms with Gasteiger partial charge >= 0.3 is 12.1 Å². The molecule has 1 amide bonds. The molecule has 0 unspecified atom stereocenters. The number of hydrogen-bond donors (Lipinski definition) is 2. The van der Waals surface area contributed by atoms with Gasteiger partial charge in [0.2, 0.25) is 0 Å².